The quantitative estimate of drug-likeness (QED) is 0.239. The Morgan fingerprint density at radius 3 is 2.39 bits per heavy atom. The standard InChI is InChI=1S/C26H27N7O3/c1-15(19-11-10-17-4-2-3-5-20(17)13-19)29-26-32-23(31-25(28)33-26)18-8-6-16(7-9-18)12-21(24(35)36)30-22(34)14-27/h2-11,13,15,21H,12,14,27H2,1H3,(H,30,34)(H,35,36)(H3,28,29,31,32,33)/t15-,21?/m1/s1. The Morgan fingerprint density at radius 1 is 0.972 bits per heavy atom. The normalized spacial score (nSPS) is 12.6. The van der Waals surface area contributed by atoms with Crippen molar-refractivity contribution >= 4 is 34.5 Å². The topological polar surface area (TPSA) is 169 Å². The number of anilines is 2. The Bertz CT molecular complexity index is 1390. The van der Waals surface area contributed by atoms with Crippen LogP contribution < -0.4 is 22.1 Å². The Hall–Kier alpha value is -4.57. The fourth-order valence-electron chi connectivity index (χ4n) is 3.82. The summed E-state index contributed by atoms with van der Waals surface area (Å²) in [7, 11) is 0. The molecule has 0 aliphatic rings. The zero-order valence-corrected chi connectivity index (χ0v) is 19.7. The minimum atomic E-state index is -1.14. The molecule has 184 valence electrons. The molecule has 7 N–H and O–H groups in total. The lowest BCUT2D eigenvalue weighted by atomic mass is 10.0. The van der Waals surface area contributed by atoms with Crippen LogP contribution in [-0.4, -0.2) is 44.5 Å². The van der Waals surface area contributed by atoms with E-state index >= 15 is 0 Å². The van der Waals surface area contributed by atoms with Gasteiger partial charge in [-0.05, 0) is 34.9 Å². The SMILES string of the molecule is C[C@@H](Nc1nc(N)nc(-c2ccc(CC(NC(=O)CN)C(=O)O)cc2)n1)c1ccc2ccccc2c1. The molecule has 0 saturated carbocycles. The van der Waals surface area contributed by atoms with Crippen LogP contribution in [-0.2, 0) is 16.0 Å². The average Bonchev–Trinajstić information content (AvgIpc) is 2.87. The van der Waals surface area contributed by atoms with Crippen LogP contribution in [0.3, 0.4) is 0 Å². The van der Waals surface area contributed by atoms with Crippen LogP contribution in [0, 0.1) is 0 Å². The summed E-state index contributed by atoms with van der Waals surface area (Å²) in [6.07, 6.45) is 0.108. The lowest BCUT2D eigenvalue weighted by molar-refractivity contribution is -0.141. The lowest BCUT2D eigenvalue weighted by Gasteiger charge is -2.16. The van der Waals surface area contributed by atoms with Crippen molar-refractivity contribution in [2.24, 2.45) is 5.73 Å². The fraction of sp³-hybridized carbons (Fsp3) is 0.192. The van der Waals surface area contributed by atoms with Gasteiger partial charge in [-0.2, -0.15) is 15.0 Å². The predicted molar refractivity (Wildman–Crippen MR) is 138 cm³/mol. The van der Waals surface area contributed by atoms with Crippen LogP contribution in [0.15, 0.2) is 66.7 Å². The first-order valence-electron chi connectivity index (χ1n) is 11.4. The number of nitrogens with zero attached hydrogens (tertiary/aromatic N) is 3. The number of fused-ring (bicyclic) bond motifs is 1. The number of benzene rings is 3. The summed E-state index contributed by atoms with van der Waals surface area (Å²) >= 11 is 0. The largest absolute Gasteiger partial charge is 0.480 e. The Morgan fingerprint density at radius 2 is 1.69 bits per heavy atom. The number of aliphatic carboxylic acids is 1. The number of nitrogen functional groups attached to an aromatic ring is 1. The molecule has 10 nitrogen and oxygen atoms in total. The Kier molecular flexibility index (Phi) is 7.36. The smallest absolute Gasteiger partial charge is 0.326 e. The molecular formula is C26H27N7O3. The summed E-state index contributed by atoms with van der Waals surface area (Å²) in [5.74, 6) is -0.862. The second-order valence-electron chi connectivity index (χ2n) is 8.38. The number of carbonyl (C=O) groups is 2. The van der Waals surface area contributed by atoms with Gasteiger partial charge in [0, 0.05) is 12.0 Å². The second-order valence-corrected chi connectivity index (χ2v) is 8.38. The van der Waals surface area contributed by atoms with E-state index in [-0.39, 0.29) is 25.0 Å². The van der Waals surface area contributed by atoms with E-state index < -0.39 is 17.9 Å². The van der Waals surface area contributed by atoms with Crippen LogP contribution in [0.25, 0.3) is 22.2 Å². The highest BCUT2D eigenvalue weighted by molar-refractivity contribution is 5.85. The van der Waals surface area contributed by atoms with E-state index in [9.17, 15) is 14.7 Å². The maximum atomic E-state index is 11.5. The number of carboxylic acid groups (broad SMARTS) is 1. The van der Waals surface area contributed by atoms with E-state index in [1.807, 2.05) is 19.1 Å². The van der Waals surface area contributed by atoms with Gasteiger partial charge in [-0.15, -0.1) is 0 Å². The first-order chi connectivity index (χ1) is 17.3. The van der Waals surface area contributed by atoms with Gasteiger partial charge in [0.25, 0.3) is 0 Å². The average molecular weight is 486 g/mol. The van der Waals surface area contributed by atoms with Crippen LogP contribution in [0.1, 0.15) is 24.1 Å². The number of carboxylic acids is 1. The molecule has 0 aliphatic heterocycles. The maximum absolute atomic E-state index is 11.5. The molecule has 0 aliphatic carbocycles. The summed E-state index contributed by atoms with van der Waals surface area (Å²) in [5.41, 5.74) is 13.7. The van der Waals surface area contributed by atoms with Crippen LogP contribution in [0.2, 0.25) is 0 Å². The highest BCUT2D eigenvalue weighted by Gasteiger charge is 2.20. The molecule has 1 heterocycles. The second kappa shape index (κ2) is 10.8. The molecule has 0 fully saturated rings. The number of hydrogen-bond acceptors (Lipinski definition) is 8. The van der Waals surface area contributed by atoms with E-state index in [1.54, 1.807) is 24.3 Å². The van der Waals surface area contributed by atoms with Crippen molar-refractivity contribution in [2.45, 2.75) is 25.4 Å². The molecule has 0 saturated heterocycles. The Balaban J connectivity index is 1.50. The van der Waals surface area contributed by atoms with Crippen LogP contribution >= 0.6 is 0 Å². The summed E-state index contributed by atoms with van der Waals surface area (Å²) in [4.78, 5) is 36.0. The number of carbonyl (C=O) groups excluding carboxylic acids is 1. The highest BCUT2D eigenvalue weighted by Crippen LogP contribution is 2.24. The lowest BCUT2D eigenvalue weighted by Crippen LogP contribution is -2.44. The highest BCUT2D eigenvalue weighted by atomic mass is 16.4. The van der Waals surface area contributed by atoms with Crippen molar-refractivity contribution in [1.82, 2.24) is 20.3 Å². The molecule has 1 aromatic heterocycles. The van der Waals surface area contributed by atoms with Gasteiger partial charge in [-0.25, -0.2) is 4.79 Å². The predicted octanol–water partition coefficient (Wildman–Crippen LogP) is 2.52. The molecule has 1 unspecified atom stereocenters. The first-order valence-corrected chi connectivity index (χ1v) is 11.4. The van der Waals surface area contributed by atoms with Gasteiger partial charge in [-0.1, -0.05) is 60.7 Å². The van der Waals surface area contributed by atoms with Crippen molar-refractivity contribution in [1.29, 1.82) is 0 Å². The molecule has 0 spiro atoms. The molecule has 0 radical (unpaired) electrons. The number of nitrogens with two attached hydrogens (primary N) is 2. The molecule has 36 heavy (non-hydrogen) atoms. The third kappa shape index (κ3) is 5.91. The van der Waals surface area contributed by atoms with Gasteiger partial charge in [0.15, 0.2) is 5.82 Å². The first kappa shape index (κ1) is 24.6. The van der Waals surface area contributed by atoms with E-state index in [0.717, 1.165) is 10.9 Å². The van der Waals surface area contributed by atoms with Crippen molar-refractivity contribution in [2.75, 3.05) is 17.6 Å². The van der Waals surface area contributed by atoms with E-state index in [4.69, 9.17) is 11.5 Å². The summed E-state index contributed by atoms with van der Waals surface area (Å²) in [6, 6.07) is 20.3. The molecule has 0 bridgehead atoms. The van der Waals surface area contributed by atoms with E-state index in [2.05, 4.69) is 55.9 Å². The van der Waals surface area contributed by atoms with Crippen molar-refractivity contribution in [3.05, 3.63) is 77.9 Å². The van der Waals surface area contributed by atoms with Crippen molar-refractivity contribution in [3.63, 3.8) is 0 Å². The monoisotopic (exact) mass is 485 g/mol. The van der Waals surface area contributed by atoms with Crippen LogP contribution in [0.4, 0.5) is 11.9 Å². The molecule has 4 rings (SSSR count). The van der Waals surface area contributed by atoms with Crippen molar-refractivity contribution < 1.29 is 14.7 Å². The van der Waals surface area contributed by atoms with Crippen LogP contribution in [0.5, 0.6) is 0 Å². The number of rotatable bonds is 9. The number of amides is 1. The third-order valence-electron chi connectivity index (χ3n) is 5.74. The third-order valence-corrected chi connectivity index (χ3v) is 5.74. The molecule has 3 aromatic carbocycles. The minimum absolute atomic E-state index is 0.0766. The van der Waals surface area contributed by atoms with Gasteiger partial charge in [0.1, 0.15) is 6.04 Å². The molecular weight excluding hydrogens is 458 g/mol. The van der Waals surface area contributed by atoms with Gasteiger partial charge in [-0.3, -0.25) is 4.79 Å². The summed E-state index contributed by atoms with van der Waals surface area (Å²) < 4.78 is 0. The van der Waals surface area contributed by atoms with E-state index in [0.29, 0.717) is 22.9 Å². The van der Waals surface area contributed by atoms with Gasteiger partial charge >= 0.3 is 5.97 Å². The zero-order chi connectivity index (χ0) is 25.7. The minimum Gasteiger partial charge on any atom is -0.480 e. The van der Waals surface area contributed by atoms with Crippen molar-refractivity contribution in [3.8, 4) is 11.4 Å². The maximum Gasteiger partial charge on any atom is 0.326 e. The number of nitrogens with one attached hydrogen (secondary N) is 2. The molecule has 2 atom stereocenters. The number of aromatic nitrogens is 3. The molecule has 1 amide bonds. The van der Waals surface area contributed by atoms with Gasteiger partial charge in [0.05, 0.1) is 12.6 Å². The molecule has 10 heteroatoms. The van der Waals surface area contributed by atoms with Gasteiger partial charge in [0.2, 0.25) is 17.8 Å². The number of hydrogen-bond donors (Lipinski definition) is 5. The zero-order valence-electron chi connectivity index (χ0n) is 19.7. The van der Waals surface area contributed by atoms with Gasteiger partial charge < -0.3 is 27.2 Å². The Labute approximate surface area is 207 Å². The summed E-state index contributed by atoms with van der Waals surface area (Å²) in [5, 5.41) is 17.4. The molecule has 4 aromatic rings. The summed E-state index contributed by atoms with van der Waals surface area (Å²) in [6.45, 7) is 1.74. The van der Waals surface area contributed by atoms with E-state index in [1.165, 1.54) is 5.39 Å². The fourth-order valence-corrected chi connectivity index (χ4v) is 3.82.